The molecular formula is C6H15CuI2O3P. The van der Waals surface area contributed by atoms with Crippen molar-refractivity contribution in [1.29, 1.82) is 0 Å². The summed E-state index contributed by atoms with van der Waals surface area (Å²) in [6.07, 6.45) is 0. The van der Waals surface area contributed by atoms with E-state index in [1.807, 2.05) is 20.8 Å². The second-order valence-electron chi connectivity index (χ2n) is 1.52. The Morgan fingerprint density at radius 2 is 1.15 bits per heavy atom. The average Bonchev–Trinajstić information content (AvgIpc) is 2.07. The van der Waals surface area contributed by atoms with Crippen LogP contribution >= 0.6 is 49.3 Å². The summed E-state index contributed by atoms with van der Waals surface area (Å²) in [5, 5.41) is 0. The summed E-state index contributed by atoms with van der Waals surface area (Å²) in [4.78, 5) is 0. The van der Waals surface area contributed by atoms with Gasteiger partial charge in [0.1, 0.15) is 0 Å². The van der Waals surface area contributed by atoms with Crippen LogP contribution in [0.3, 0.4) is 0 Å². The Morgan fingerprint density at radius 3 is 1.31 bits per heavy atom. The normalized spacial score (nSPS) is 10.0. The zero-order valence-electron chi connectivity index (χ0n) is 7.85. The van der Waals surface area contributed by atoms with E-state index in [-0.39, 0.29) is 0 Å². The van der Waals surface area contributed by atoms with Crippen LogP contribution in [0.15, 0.2) is 0 Å². The first kappa shape index (κ1) is 17.7. The third-order valence-corrected chi connectivity index (χ3v) is 2.11. The predicted octanol–water partition coefficient (Wildman–Crippen LogP) is 4.09. The zero-order chi connectivity index (χ0) is 10.5. The molecule has 0 aromatic heterocycles. The molecule has 0 radical (unpaired) electrons. The zero-order valence-corrected chi connectivity index (χ0v) is 14.0. The Bertz CT molecular complexity index is 78.0. The van der Waals surface area contributed by atoms with Gasteiger partial charge in [0, 0.05) is 0 Å². The second-order valence-corrected chi connectivity index (χ2v) is 10.7. The van der Waals surface area contributed by atoms with Crippen LogP contribution in [0.4, 0.5) is 0 Å². The van der Waals surface area contributed by atoms with Crippen LogP contribution in [0.25, 0.3) is 0 Å². The van der Waals surface area contributed by atoms with Crippen LogP contribution in [0, 0.1) is 0 Å². The maximum absolute atomic E-state index is 5.14. The van der Waals surface area contributed by atoms with E-state index < -0.39 is 8.60 Å². The van der Waals surface area contributed by atoms with E-state index in [0.717, 1.165) is 0 Å². The van der Waals surface area contributed by atoms with Gasteiger partial charge < -0.3 is 13.6 Å². The number of halogens is 2. The molecule has 0 heterocycles. The average molecular weight is 484 g/mol. The van der Waals surface area contributed by atoms with Crippen molar-refractivity contribution in [1.82, 2.24) is 0 Å². The predicted molar refractivity (Wildman–Crippen MR) is 69.8 cm³/mol. The molecule has 0 aromatic carbocycles. The van der Waals surface area contributed by atoms with Gasteiger partial charge in [-0.25, -0.2) is 0 Å². The standard InChI is InChI=1S/C6H15O3P.Cu.2HI/c1-4-7-10(8-5-2)9-6-3;;;/h4-6H2,1-3H3;;2*1H/q;+2;;/p-2. The SMILES string of the molecule is CCOP(OCC)OCC.[I][Cu][I]. The minimum atomic E-state index is -1.06. The molecule has 0 atom stereocenters. The number of hydrogen-bond donors (Lipinski definition) is 0. The van der Waals surface area contributed by atoms with Gasteiger partial charge in [0.05, 0.1) is 19.8 Å². The monoisotopic (exact) mass is 483 g/mol. The molecule has 0 saturated carbocycles. The Labute approximate surface area is 111 Å². The third-order valence-electron chi connectivity index (χ3n) is 0.704. The Hall–Kier alpha value is 2.29. The molecule has 0 spiro atoms. The van der Waals surface area contributed by atoms with Crippen molar-refractivity contribution in [2.24, 2.45) is 0 Å². The summed E-state index contributed by atoms with van der Waals surface area (Å²) >= 11 is 4.36. The summed E-state index contributed by atoms with van der Waals surface area (Å²) in [6.45, 7) is 7.71. The molecular weight excluding hydrogens is 468 g/mol. The van der Waals surface area contributed by atoms with Gasteiger partial charge in [0.2, 0.25) is 0 Å². The minimum absolute atomic E-state index is 0.645. The van der Waals surface area contributed by atoms with E-state index in [4.69, 9.17) is 13.6 Å². The molecule has 0 fully saturated rings. The van der Waals surface area contributed by atoms with Crippen molar-refractivity contribution in [3.63, 3.8) is 0 Å². The Morgan fingerprint density at radius 1 is 0.923 bits per heavy atom. The third kappa shape index (κ3) is 16.9. The van der Waals surface area contributed by atoms with Crippen molar-refractivity contribution < 1.29 is 22.0 Å². The van der Waals surface area contributed by atoms with Gasteiger partial charge in [0.15, 0.2) is 0 Å². The fraction of sp³-hybridized carbons (Fsp3) is 1.00. The van der Waals surface area contributed by atoms with E-state index in [2.05, 4.69) is 40.7 Å². The van der Waals surface area contributed by atoms with E-state index in [1.54, 1.807) is 8.46 Å². The van der Waals surface area contributed by atoms with Gasteiger partial charge in [-0.3, -0.25) is 0 Å². The van der Waals surface area contributed by atoms with Gasteiger partial charge in [-0.2, -0.15) is 0 Å². The summed E-state index contributed by atoms with van der Waals surface area (Å²) in [6, 6.07) is 0. The molecule has 0 unspecified atom stereocenters. The van der Waals surface area contributed by atoms with Gasteiger partial charge >= 0.3 is 57.7 Å². The van der Waals surface area contributed by atoms with E-state index in [1.165, 1.54) is 0 Å². The fourth-order valence-electron chi connectivity index (χ4n) is 0.428. The molecule has 0 saturated heterocycles. The Kier molecular flexibility index (Phi) is 22.7. The molecule has 0 amide bonds. The quantitative estimate of drug-likeness (QED) is 0.324. The first-order chi connectivity index (χ1) is 6.26. The van der Waals surface area contributed by atoms with Crippen LogP contribution in [-0.2, 0) is 22.0 Å². The fourth-order valence-corrected chi connectivity index (χ4v) is 1.28. The van der Waals surface area contributed by atoms with E-state index in [0.29, 0.717) is 19.8 Å². The number of rotatable bonds is 6. The molecule has 13 heavy (non-hydrogen) atoms. The molecule has 0 aliphatic rings. The van der Waals surface area contributed by atoms with Crippen LogP contribution in [0.5, 0.6) is 0 Å². The van der Waals surface area contributed by atoms with Crippen molar-refractivity contribution >= 4 is 49.3 Å². The molecule has 87 valence electrons. The molecule has 0 bridgehead atoms. The second kappa shape index (κ2) is 16.7. The molecule has 3 nitrogen and oxygen atoms in total. The molecule has 0 rings (SSSR count). The number of hydrogen-bond acceptors (Lipinski definition) is 3. The van der Waals surface area contributed by atoms with Crippen molar-refractivity contribution in [2.45, 2.75) is 20.8 Å². The first-order valence-corrected chi connectivity index (χ1v) is 10.9. The van der Waals surface area contributed by atoms with Crippen molar-refractivity contribution in [3.8, 4) is 0 Å². The summed E-state index contributed by atoms with van der Waals surface area (Å²) in [5.41, 5.74) is 0. The summed E-state index contributed by atoms with van der Waals surface area (Å²) in [7, 11) is 0.692. The van der Waals surface area contributed by atoms with Gasteiger partial charge in [-0.15, -0.1) is 0 Å². The van der Waals surface area contributed by atoms with Crippen molar-refractivity contribution in [2.75, 3.05) is 19.8 Å². The Balaban J connectivity index is 0. The maximum atomic E-state index is 5.14. The van der Waals surface area contributed by atoms with Crippen LogP contribution < -0.4 is 0 Å². The molecule has 0 aliphatic carbocycles. The van der Waals surface area contributed by atoms with Crippen molar-refractivity contribution in [3.05, 3.63) is 0 Å². The summed E-state index contributed by atoms with van der Waals surface area (Å²) < 4.78 is 15.4. The van der Waals surface area contributed by atoms with Crippen LogP contribution in [0.2, 0.25) is 0 Å². The van der Waals surface area contributed by atoms with Gasteiger partial charge in [0.25, 0.3) is 0 Å². The molecule has 0 N–H and O–H groups in total. The summed E-state index contributed by atoms with van der Waals surface area (Å²) in [5.74, 6) is 0. The molecule has 0 aromatic rings. The van der Waals surface area contributed by atoms with Gasteiger partial charge in [-0.1, -0.05) is 0 Å². The topological polar surface area (TPSA) is 27.7 Å². The van der Waals surface area contributed by atoms with E-state index >= 15 is 0 Å². The van der Waals surface area contributed by atoms with Crippen LogP contribution in [-0.4, -0.2) is 19.8 Å². The first-order valence-electron chi connectivity index (χ1n) is 3.76. The van der Waals surface area contributed by atoms with E-state index in [9.17, 15) is 0 Å². The molecule has 7 heteroatoms. The van der Waals surface area contributed by atoms with Crippen LogP contribution in [0.1, 0.15) is 20.8 Å². The molecule has 0 aliphatic heterocycles. The van der Waals surface area contributed by atoms with Gasteiger partial charge in [-0.05, 0) is 20.8 Å².